The first-order valence-corrected chi connectivity index (χ1v) is 11.1. The number of anilines is 1. The van der Waals surface area contributed by atoms with Crippen molar-refractivity contribution >= 4 is 71.7 Å². The van der Waals surface area contributed by atoms with Gasteiger partial charge in [-0.05, 0) is 73.5 Å². The van der Waals surface area contributed by atoms with E-state index < -0.39 is 0 Å². The Morgan fingerprint density at radius 2 is 1.71 bits per heavy atom. The second-order valence-electron chi connectivity index (χ2n) is 6.60. The van der Waals surface area contributed by atoms with Crippen LogP contribution in [-0.2, 0) is 4.79 Å². The molecule has 1 amide bonds. The van der Waals surface area contributed by atoms with E-state index in [2.05, 4.69) is 102 Å². The summed E-state index contributed by atoms with van der Waals surface area (Å²) in [4.78, 5) is 12.0. The molecule has 0 spiro atoms. The number of hydrogen-bond acceptors (Lipinski definition) is 3. The van der Waals surface area contributed by atoms with Crippen molar-refractivity contribution in [3.63, 3.8) is 0 Å². The van der Waals surface area contributed by atoms with Gasteiger partial charge < -0.3 is 5.32 Å². The second kappa shape index (κ2) is 10.9. The Bertz CT molecular complexity index is 867. The van der Waals surface area contributed by atoms with Crippen molar-refractivity contribution in [3.05, 3.63) is 66.5 Å². The summed E-state index contributed by atoms with van der Waals surface area (Å²) in [7, 11) is 0. The van der Waals surface area contributed by atoms with Crippen LogP contribution in [0.25, 0.3) is 6.08 Å². The minimum atomic E-state index is -0.230. The summed E-state index contributed by atoms with van der Waals surface area (Å²) in [6, 6.07) is 12.3. The Labute approximate surface area is 191 Å². The molecule has 4 nitrogen and oxygen atoms in total. The van der Waals surface area contributed by atoms with E-state index in [0.717, 1.165) is 30.2 Å². The molecule has 0 radical (unpaired) electrons. The Morgan fingerprint density at radius 1 is 1.11 bits per heavy atom. The number of allylic oxidation sites excluding steroid dienone is 1. The molecule has 0 aliphatic carbocycles. The van der Waals surface area contributed by atoms with Gasteiger partial charge >= 0.3 is 0 Å². The molecule has 0 saturated carbocycles. The maximum atomic E-state index is 12.0. The molecule has 0 atom stereocenters. The monoisotopic (exact) mass is 569 g/mol. The average Bonchev–Trinajstić information content (AvgIpc) is 2.61. The smallest absolute Gasteiger partial charge is 0.259 e. The SMILES string of the molecule is CC(/C=N\NC(=O)CNc1c(Br)cc(Br)cc1Br)=C\c1ccc(C(C)C)cc1. The molecule has 2 N–H and O–H groups in total. The second-order valence-corrected chi connectivity index (χ2v) is 9.23. The molecule has 0 heterocycles. The third kappa shape index (κ3) is 7.18. The summed E-state index contributed by atoms with van der Waals surface area (Å²) in [5.74, 6) is 0.287. The number of carbonyl (C=O) groups excluding carboxylic acids is 1. The van der Waals surface area contributed by atoms with Crippen molar-refractivity contribution in [3.8, 4) is 0 Å². The molecule has 0 aliphatic heterocycles. The highest BCUT2D eigenvalue weighted by molar-refractivity contribution is 9.11. The highest BCUT2D eigenvalue weighted by Crippen LogP contribution is 2.34. The standard InChI is InChI=1S/C21H22Br3N3O/c1-13(2)16-6-4-15(5-7-16)8-14(3)11-26-27-20(28)12-25-21-18(23)9-17(22)10-19(21)24/h4-11,13,25H,12H2,1-3H3,(H,27,28)/b14-8+,26-11-. The summed E-state index contributed by atoms with van der Waals surface area (Å²) >= 11 is 10.4. The molecule has 28 heavy (non-hydrogen) atoms. The van der Waals surface area contributed by atoms with Crippen LogP contribution < -0.4 is 10.7 Å². The van der Waals surface area contributed by atoms with Crippen LogP contribution in [0.1, 0.15) is 37.8 Å². The topological polar surface area (TPSA) is 53.5 Å². The van der Waals surface area contributed by atoms with E-state index in [9.17, 15) is 4.79 Å². The Balaban J connectivity index is 1.87. The first-order valence-electron chi connectivity index (χ1n) is 8.75. The fourth-order valence-corrected chi connectivity index (χ4v) is 4.94. The van der Waals surface area contributed by atoms with Gasteiger partial charge in [0.2, 0.25) is 0 Å². The molecule has 2 aromatic rings. The van der Waals surface area contributed by atoms with Gasteiger partial charge in [0.15, 0.2) is 0 Å². The van der Waals surface area contributed by atoms with E-state index in [1.165, 1.54) is 5.56 Å². The molecular weight excluding hydrogens is 550 g/mol. The number of rotatable bonds is 7. The average molecular weight is 572 g/mol. The van der Waals surface area contributed by atoms with Crippen LogP contribution in [-0.4, -0.2) is 18.7 Å². The maximum absolute atomic E-state index is 12.0. The molecule has 0 saturated heterocycles. The Hall–Kier alpha value is -1.44. The highest BCUT2D eigenvalue weighted by atomic mass is 79.9. The number of nitrogens with zero attached hydrogens (tertiary/aromatic N) is 1. The summed E-state index contributed by atoms with van der Waals surface area (Å²) in [6.07, 6.45) is 3.66. The Kier molecular flexibility index (Phi) is 8.92. The zero-order valence-corrected chi connectivity index (χ0v) is 20.7. The number of amides is 1. The van der Waals surface area contributed by atoms with E-state index >= 15 is 0 Å². The lowest BCUT2D eigenvalue weighted by Gasteiger charge is -2.10. The largest absolute Gasteiger partial charge is 0.374 e. The summed E-state index contributed by atoms with van der Waals surface area (Å²) < 4.78 is 2.64. The molecular formula is C21H22Br3N3O. The fourth-order valence-electron chi connectivity index (χ4n) is 2.40. The van der Waals surface area contributed by atoms with E-state index in [1.54, 1.807) is 6.21 Å². The quantitative estimate of drug-likeness (QED) is 0.286. The van der Waals surface area contributed by atoms with Crippen molar-refractivity contribution in [2.75, 3.05) is 11.9 Å². The van der Waals surface area contributed by atoms with Crippen molar-refractivity contribution in [1.82, 2.24) is 5.43 Å². The molecule has 0 bridgehead atoms. The Morgan fingerprint density at radius 3 is 2.29 bits per heavy atom. The normalized spacial score (nSPS) is 11.9. The van der Waals surface area contributed by atoms with Gasteiger partial charge in [-0.2, -0.15) is 5.10 Å². The van der Waals surface area contributed by atoms with Gasteiger partial charge in [0.05, 0.1) is 18.4 Å². The minimum absolute atomic E-state index is 0.107. The van der Waals surface area contributed by atoms with Crippen LogP contribution in [0.15, 0.2) is 60.5 Å². The molecule has 2 rings (SSSR count). The number of hydrazone groups is 1. The lowest BCUT2D eigenvalue weighted by atomic mass is 10.0. The first kappa shape index (κ1) is 22.8. The van der Waals surface area contributed by atoms with E-state index in [1.807, 2.05) is 25.1 Å². The van der Waals surface area contributed by atoms with Gasteiger partial charge in [0, 0.05) is 13.4 Å². The third-order valence-corrected chi connectivity index (χ3v) is 5.60. The van der Waals surface area contributed by atoms with E-state index in [4.69, 9.17) is 0 Å². The zero-order chi connectivity index (χ0) is 20.7. The van der Waals surface area contributed by atoms with Gasteiger partial charge in [-0.1, -0.05) is 60.1 Å². The molecule has 148 valence electrons. The van der Waals surface area contributed by atoms with Crippen LogP contribution in [0.5, 0.6) is 0 Å². The number of nitrogens with one attached hydrogen (secondary N) is 2. The van der Waals surface area contributed by atoms with Gasteiger partial charge in [-0.15, -0.1) is 0 Å². The highest BCUT2D eigenvalue weighted by Gasteiger charge is 2.08. The zero-order valence-electron chi connectivity index (χ0n) is 15.9. The van der Waals surface area contributed by atoms with Crippen LogP contribution >= 0.6 is 47.8 Å². The van der Waals surface area contributed by atoms with Gasteiger partial charge in [0.25, 0.3) is 5.91 Å². The molecule has 0 unspecified atom stereocenters. The van der Waals surface area contributed by atoms with Crippen LogP contribution in [0.3, 0.4) is 0 Å². The van der Waals surface area contributed by atoms with Gasteiger partial charge in [0.1, 0.15) is 0 Å². The maximum Gasteiger partial charge on any atom is 0.259 e. The number of carbonyl (C=O) groups is 1. The van der Waals surface area contributed by atoms with Gasteiger partial charge in [-0.25, -0.2) is 5.43 Å². The van der Waals surface area contributed by atoms with Crippen LogP contribution in [0.4, 0.5) is 5.69 Å². The third-order valence-electron chi connectivity index (χ3n) is 3.89. The predicted molar refractivity (Wildman–Crippen MR) is 129 cm³/mol. The molecule has 2 aromatic carbocycles. The van der Waals surface area contributed by atoms with Crippen molar-refractivity contribution < 1.29 is 4.79 Å². The number of hydrogen-bond donors (Lipinski definition) is 2. The number of benzene rings is 2. The first-order chi connectivity index (χ1) is 13.3. The summed E-state index contributed by atoms with van der Waals surface area (Å²) in [5.41, 5.74) is 6.70. The van der Waals surface area contributed by atoms with Crippen LogP contribution in [0.2, 0.25) is 0 Å². The molecule has 0 aliphatic rings. The molecule has 0 aromatic heterocycles. The number of halogens is 3. The summed E-state index contributed by atoms with van der Waals surface area (Å²) in [6.45, 7) is 6.40. The minimum Gasteiger partial charge on any atom is -0.374 e. The van der Waals surface area contributed by atoms with Crippen molar-refractivity contribution in [2.24, 2.45) is 5.10 Å². The lowest BCUT2D eigenvalue weighted by molar-refractivity contribution is -0.119. The lowest BCUT2D eigenvalue weighted by Crippen LogP contribution is -2.26. The predicted octanol–water partition coefficient (Wildman–Crippen LogP) is 6.71. The van der Waals surface area contributed by atoms with E-state index in [-0.39, 0.29) is 12.5 Å². The fraction of sp³-hybridized carbons (Fsp3) is 0.238. The van der Waals surface area contributed by atoms with Crippen molar-refractivity contribution in [1.29, 1.82) is 0 Å². The molecule has 7 heteroatoms. The van der Waals surface area contributed by atoms with E-state index in [0.29, 0.717) is 5.92 Å². The van der Waals surface area contributed by atoms with Gasteiger partial charge in [-0.3, -0.25) is 4.79 Å². The molecule has 0 fully saturated rings. The van der Waals surface area contributed by atoms with Crippen molar-refractivity contribution in [2.45, 2.75) is 26.7 Å². The summed E-state index contributed by atoms with van der Waals surface area (Å²) in [5, 5.41) is 7.11. The van der Waals surface area contributed by atoms with Crippen LogP contribution in [0, 0.1) is 0 Å².